The molecular weight excluding hydrogens is 252 g/mol. The van der Waals surface area contributed by atoms with Gasteiger partial charge in [0.2, 0.25) is 0 Å². The molecule has 106 valence electrons. The highest BCUT2D eigenvalue weighted by molar-refractivity contribution is 7.10. The van der Waals surface area contributed by atoms with E-state index in [1.807, 2.05) is 11.3 Å². The van der Waals surface area contributed by atoms with Gasteiger partial charge in [-0.15, -0.1) is 11.3 Å². The van der Waals surface area contributed by atoms with Crippen LogP contribution in [-0.2, 0) is 0 Å². The van der Waals surface area contributed by atoms with Crippen LogP contribution in [0.3, 0.4) is 0 Å². The SMILES string of the molecule is CC(C)C(c1cccs1)N(CC1CCCN1)C1CC1. The monoisotopic (exact) mass is 278 g/mol. The van der Waals surface area contributed by atoms with Gasteiger partial charge in [-0.25, -0.2) is 0 Å². The normalized spacial score (nSPS) is 25.4. The lowest BCUT2D eigenvalue weighted by atomic mass is 9.99. The maximum atomic E-state index is 3.67. The van der Waals surface area contributed by atoms with Gasteiger partial charge in [0, 0.05) is 29.5 Å². The summed E-state index contributed by atoms with van der Waals surface area (Å²) >= 11 is 1.93. The Hall–Kier alpha value is -0.380. The summed E-state index contributed by atoms with van der Waals surface area (Å²) in [5, 5.41) is 5.90. The summed E-state index contributed by atoms with van der Waals surface area (Å²) in [4.78, 5) is 4.36. The van der Waals surface area contributed by atoms with Gasteiger partial charge in [-0.05, 0) is 49.6 Å². The van der Waals surface area contributed by atoms with Gasteiger partial charge in [-0.2, -0.15) is 0 Å². The van der Waals surface area contributed by atoms with Crippen LogP contribution in [0, 0.1) is 5.92 Å². The van der Waals surface area contributed by atoms with Crippen molar-refractivity contribution in [2.75, 3.05) is 13.1 Å². The molecule has 2 aliphatic rings. The fourth-order valence-corrected chi connectivity index (χ4v) is 4.42. The van der Waals surface area contributed by atoms with Crippen molar-refractivity contribution in [3.05, 3.63) is 22.4 Å². The van der Waals surface area contributed by atoms with E-state index in [9.17, 15) is 0 Å². The maximum Gasteiger partial charge on any atom is 0.0467 e. The lowest BCUT2D eigenvalue weighted by molar-refractivity contribution is 0.136. The Labute approximate surface area is 121 Å². The minimum atomic E-state index is 0.620. The second-order valence-corrected chi connectivity index (χ2v) is 7.40. The van der Waals surface area contributed by atoms with Gasteiger partial charge in [0.1, 0.15) is 0 Å². The highest BCUT2D eigenvalue weighted by atomic mass is 32.1. The van der Waals surface area contributed by atoms with Crippen LogP contribution < -0.4 is 5.32 Å². The lowest BCUT2D eigenvalue weighted by Gasteiger charge is -2.36. The molecule has 1 aliphatic heterocycles. The van der Waals surface area contributed by atoms with Crippen molar-refractivity contribution < 1.29 is 0 Å². The summed E-state index contributed by atoms with van der Waals surface area (Å²) in [7, 11) is 0. The van der Waals surface area contributed by atoms with E-state index in [-0.39, 0.29) is 0 Å². The molecule has 0 bridgehead atoms. The molecule has 1 aliphatic carbocycles. The molecule has 3 rings (SSSR count). The maximum absolute atomic E-state index is 3.67. The van der Waals surface area contributed by atoms with Crippen molar-refractivity contribution >= 4 is 11.3 Å². The van der Waals surface area contributed by atoms with E-state index < -0.39 is 0 Å². The second kappa shape index (κ2) is 5.94. The smallest absolute Gasteiger partial charge is 0.0467 e. The summed E-state index contributed by atoms with van der Waals surface area (Å²) in [6.45, 7) is 7.21. The van der Waals surface area contributed by atoms with E-state index in [1.54, 1.807) is 4.88 Å². The first-order valence-corrected chi connectivity index (χ1v) is 8.66. The second-order valence-electron chi connectivity index (χ2n) is 6.43. The zero-order valence-electron chi connectivity index (χ0n) is 12.1. The molecule has 1 aromatic rings. The largest absolute Gasteiger partial charge is 0.313 e. The average Bonchev–Trinajstić information content (AvgIpc) is 2.88. The third-order valence-corrected chi connectivity index (χ3v) is 5.38. The Morgan fingerprint density at radius 3 is 2.74 bits per heavy atom. The molecule has 3 heteroatoms. The van der Waals surface area contributed by atoms with Crippen molar-refractivity contribution in [2.24, 2.45) is 5.92 Å². The van der Waals surface area contributed by atoms with E-state index in [0.29, 0.717) is 12.0 Å². The van der Waals surface area contributed by atoms with Crippen molar-refractivity contribution in [3.63, 3.8) is 0 Å². The van der Waals surface area contributed by atoms with Crippen molar-refractivity contribution in [1.29, 1.82) is 0 Å². The highest BCUT2D eigenvalue weighted by Crippen LogP contribution is 2.40. The molecule has 2 atom stereocenters. The van der Waals surface area contributed by atoms with Crippen LogP contribution in [0.25, 0.3) is 0 Å². The minimum Gasteiger partial charge on any atom is -0.313 e. The first-order chi connectivity index (χ1) is 9.25. The Kier molecular flexibility index (Phi) is 4.25. The van der Waals surface area contributed by atoms with Gasteiger partial charge in [0.05, 0.1) is 0 Å². The molecule has 0 amide bonds. The van der Waals surface area contributed by atoms with Crippen LogP contribution in [0.5, 0.6) is 0 Å². The van der Waals surface area contributed by atoms with E-state index in [0.717, 1.165) is 12.1 Å². The van der Waals surface area contributed by atoms with Crippen LogP contribution in [0.15, 0.2) is 17.5 Å². The lowest BCUT2D eigenvalue weighted by Crippen LogP contribution is -2.42. The van der Waals surface area contributed by atoms with E-state index in [4.69, 9.17) is 0 Å². The van der Waals surface area contributed by atoms with Crippen LogP contribution in [0.4, 0.5) is 0 Å². The molecule has 1 saturated carbocycles. The number of nitrogens with zero attached hydrogens (tertiary/aromatic N) is 1. The highest BCUT2D eigenvalue weighted by Gasteiger charge is 2.37. The third-order valence-electron chi connectivity index (χ3n) is 4.43. The Morgan fingerprint density at radius 2 is 2.21 bits per heavy atom. The van der Waals surface area contributed by atoms with Gasteiger partial charge in [0.15, 0.2) is 0 Å². The molecule has 1 N–H and O–H groups in total. The molecule has 19 heavy (non-hydrogen) atoms. The van der Waals surface area contributed by atoms with Crippen molar-refractivity contribution in [1.82, 2.24) is 10.2 Å². The standard InChI is InChI=1S/C16H26N2S/c1-12(2)16(15-6-4-10-19-15)18(14-7-8-14)11-13-5-3-9-17-13/h4,6,10,12-14,16-17H,3,5,7-9,11H2,1-2H3. The van der Waals surface area contributed by atoms with E-state index >= 15 is 0 Å². The van der Waals surface area contributed by atoms with Crippen molar-refractivity contribution in [2.45, 2.75) is 57.7 Å². The summed E-state index contributed by atoms with van der Waals surface area (Å²) in [5.41, 5.74) is 0. The Morgan fingerprint density at radius 1 is 1.37 bits per heavy atom. The van der Waals surface area contributed by atoms with Crippen LogP contribution in [-0.4, -0.2) is 30.1 Å². The summed E-state index contributed by atoms with van der Waals surface area (Å²) in [6, 6.07) is 6.72. The molecule has 2 fully saturated rings. The summed E-state index contributed by atoms with van der Waals surface area (Å²) in [5.74, 6) is 0.695. The Balaban J connectivity index is 1.76. The number of thiophene rings is 1. The van der Waals surface area contributed by atoms with Gasteiger partial charge in [-0.1, -0.05) is 19.9 Å². The molecule has 2 unspecified atom stereocenters. The number of rotatable bonds is 6. The molecule has 0 radical (unpaired) electrons. The zero-order valence-corrected chi connectivity index (χ0v) is 13.0. The van der Waals surface area contributed by atoms with Crippen LogP contribution in [0.2, 0.25) is 0 Å². The molecule has 0 aromatic carbocycles. The van der Waals surface area contributed by atoms with Gasteiger partial charge in [0.25, 0.3) is 0 Å². The quantitative estimate of drug-likeness (QED) is 0.854. The molecule has 2 heterocycles. The fraction of sp³-hybridized carbons (Fsp3) is 0.750. The molecule has 0 spiro atoms. The summed E-state index contributed by atoms with van der Waals surface area (Å²) in [6.07, 6.45) is 5.52. The molecule has 1 saturated heterocycles. The van der Waals surface area contributed by atoms with E-state index in [1.165, 1.54) is 38.8 Å². The predicted molar refractivity (Wildman–Crippen MR) is 82.7 cm³/mol. The Bertz CT molecular complexity index is 377. The van der Waals surface area contributed by atoms with Crippen molar-refractivity contribution in [3.8, 4) is 0 Å². The summed E-state index contributed by atoms with van der Waals surface area (Å²) < 4.78 is 0. The fourth-order valence-electron chi connectivity index (χ4n) is 3.40. The van der Waals surface area contributed by atoms with Crippen LogP contribution >= 0.6 is 11.3 Å². The first kappa shape index (κ1) is 13.6. The zero-order chi connectivity index (χ0) is 13.2. The number of hydrogen-bond donors (Lipinski definition) is 1. The molecule has 2 nitrogen and oxygen atoms in total. The third kappa shape index (κ3) is 3.21. The molecule has 1 aromatic heterocycles. The minimum absolute atomic E-state index is 0.620. The van der Waals surface area contributed by atoms with Gasteiger partial charge in [-0.3, -0.25) is 4.90 Å². The average molecular weight is 278 g/mol. The van der Waals surface area contributed by atoms with Crippen LogP contribution in [0.1, 0.15) is 50.4 Å². The van der Waals surface area contributed by atoms with Gasteiger partial charge < -0.3 is 5.32 Å². The molecular formula is C16H26N2S. The number of nitrogens with one attached hydrogen (secondary N) is 1. The topological polar surface area (TPSA) is 15.3 Å². The van der Waals surface area contributed by atoms with Gasteiger partial charge >= 0.3 is 0 Å². The first-order valence-electron chi connectivity index (χ1n) is 7.78. The predicted octanol–water partition coefficient (Wildman–Crippen LogP) is 3.66. The van der Waals surface area contributed by atoms with E-state index in [2.05, 4.69) is 41.6 Å². The number of hydrogen-bond acceptors (Lipinski definition) is 3.